The number of hydrogen-bond donors (Lipinski definition) is 3. The molecule has 4 N–H and O–H groups in total. The van der Waals surface area contributed by atoms with Gasteiger partial charge in [-0.3, -0.25) is 15.1 Å². The number of nitrogens with zero attached hydrogens (tertiary/aromatic N) is 4. The molecule has 1 atom stereocenters. The van der Waals surface area contributed by atoms with Gasteiger partial charge in [0.15, 0.2) is 5.84 Å². The molecular weight excluding hydrogens is 410 g/mol. The number of hydrazone groups is 1. The van der Waals surface area contributed by atoms with Crippen LogP contribution in [0.3, 0.4) is 0 Å². The molecule has 0 spiro atoms. The predicted molar refractivity (Wildman–Crippen MR) is 122 cm³/mol. The van der Waals surface area contributed by atoms with Crippen LogP contribution in [0.1, 0.15) is 39.0 Å². The van der Waals surface area contributed by atoms with Gasteiger partial charge in [0.05, 0.1) is 18.2 Å². The van der Waals surface area contributed by atoms with Crippen LogP contribution in [-0.4, -0.2) is 40.7 Å². The van der Waals surface area contributed by atoms with Gasteiger partial charge in [-0.2, -0.15) is 5.10 Å². The maximum atomic E-state index is 12.3. The zero-order valence-electron chi connectivity index (χ0n) is 18.3. The first-order chi connectivity index (χ1) is 15.1. The smallest absolute Gasteiger partial charge is 0.326 e. The summed E-state index contributed by atoms with van der Waals surface area (Å²) in [7, 11) is 0. The number of ketones is 1. The largest absolute Gasteiger partial charge is 0.382 e. The molecule has 0 saturated heterocycles. The summed E-state index contributed by atoms with van der Waals surface area (Å²) >= 11 is 0. The number of Topliss-reactive ketones (excluding diaryl/α,β-unsaturated/α-hetero) is 1. The van der Waals surface area contributed by atoms with Crippen LogP contribution in [0.25, 0.3) is 5.57 Å². The number of hydrogen-bond acceptors (Lipinski definition) is 8. The van der Waals surface area contributed by atoms with E-state index in [0.717, 1.165) is 16.8 Å². The van der Waals surface area contributed by atoms with Gasteiger partial charge < -0.3 is 15.6 Å². The summed E-state index contributed by atoms with van der Waals surface area (Å²) in [6.45, 7) is 7.99. The van der Waals surface area contributed by atoms with Crippen LogP contribution in [0.2, 0.25) is 0 Å². The molecule has 2 aliphatic rings. The molecule has 0 bridgehead atoms. The monoisotopic (exact) mass is 435 g/mol. The van der Waals surface area contributed by atoms with Gasteiger partial charge in [0, 0.05) is 22.7 Å². The van der Waals surface area contributed by atoms with E-state index in [1.165, 1.54) is 6.34 Å². The Morgan fingerprint density at radius 2 is 1.91 bits per heavy atom. The second-order valence-electron chi connectivity index (χ2n) is 8.74. The fraction of sp³-hybridized carbons (Fsp3) is 0.318. The predicted octanol–water partition coefficient (Wildman–Crippen LogP) is 3.16. The van der Waals surface area contributed by atoms with Gasteiger partial charge in [0.2, 0.25) is 5.88 Å². The number of benzene rings is 1. The van der Waals surface area contributed by atoms with Crippen molar-refractivity contribution >= 4 is 41.1 Å². The standard InChI is InChI=1S/C22H25N7O3/c1-12(30)15-10-29-19(20(23)24-11-25-29)18(15)13-5-7-14(8-6-13)26-21(31)27-17-9-16(28-32-17)22(2,3)4/h5-9,11,15H,10H2,1-4H3,(H2,23,24,25)(H2,26,27,31). The highest BCUT2D eigenvalue weighted by atomic mass is 16.5. The topological polar surface area (TPSA) is 138 Å². The molecule has 1 unspecified atom stereocenters. The van der Waals surface area contributed by atoms with Gasteiger partial charge in [0.25, 0.3) is 0 Å². The van der Waals surface area contributed by atoms with E-state index in [-0.39, 0.29) is 23.0 Å². The normalized spacial score (nSPS) is 17.8. The molecule has 0 aliphatic carbocycles. The molecule has 4 rings (SSSR count). The molecule has 0 saturated carbocycles. The lowest BCUT2D eigenvalue weighted by Crippen LogP contribution is -2.29. The Morgan fingerprint density at radius 1 is 1.19 bits per heavy atom. The number of anilines is 2. The SMILES string of the molecule is CC(=O)C1CN2N=CN=C(N)C2=C1c1ccc(NC(=O)Nc2cc(C(C)(C)C)no2)cc1. The fourth-order valence-electron chi connectivity index (χ4n) is 3.61. The third kappa shape index (κ3) is 4.11. The summed E-state index contributed by atoms with van der Waals surface area (Å²) in [6.07, 6.45) is 1.38. The Labute approximate surface area is 185 Å². The Bertz CT molecular complexity index is 1150. The highest BCUT2D eigenvalue weighted by molar-refractivity contribution is 6.11. The van der Waals surface area contributed by atoms with Crippen molar-refractivity contribution in [2.45, 2.75) is 33.1 Å². The highest BCUT2D eigenvalue weighted by Gasteiger charge is 2.37. The second-order valence-corrected chi connectivity index (χ2v) is 8.74. The Balaban J connectivity index is 1.50. The van der Waals surface area contributed by atoms with Crippen LogP contribution in [0.15, 0.2) is 50.6 Å². The number of aromatic nitrogens is 1. The van der Waals surface area contributed by atoms with Gasteiger partial charge in [-0.15, -0.1) is 0 Å². The van der Waals surface area contributed by atoms with Crippen molar-refractivity contribution in [1.29, 1.82) is 0 Å². The number of nitrogens with two attached hydrogens (primary N) is 1. The quantitative estimate of drug-likeness (QED) is 0.674. The van der Waals surface area contributed by atoms with Crippen LogP contribution >= 0.6 is 0 Å². The number of urea groups is 1. The minimum absolute atomic E-state index is 0.0214. The summed E-state index contributed by atoms with van der Waals surface area (Å²) in [4.78, 5) is 28.7. The maximum absolute atomic E-state index is 12.3. The average Bonchev–Trinajstić information content (AvgIpc) is 3.34. The van der Waals surface area contributed by atoms with Crippen molar-refractivity contribution < 1.29 is 14.1 Å². The minimum atomic E-state index is -0.456. The molecule has 10 nitrogen and oxygen atoms in total. The van der Waals surface area contributed by atoms with Crippen molar-refractivity contribution in [3.05, 3.63) is 47.3 Å². The molecule has 32 heavy (non-hydrogen) atoms. The minimum Gasteiger partial charge on any atom is -0.382 e. The number of fused-ring (bicyclic) bond motifs is 1. The van der Waals surface area contributed by atoms with E-state index in [1.807, 2.05) is 32.9 Å². The van der Waals surface area contributed by atoms with Crippen molar-refractivity contribution in [2.75, 3.05) is 17.2 Å². The summed E-state index contributed by atoms with van der Waals surface area (Å²) in [5.41, 5.74) is 9.45. The Morgan fingerprint density at radius 3 is 2.53 bits per heavy atom. The van der Waals surface area contributed by atoms with E-state index in [2.05, 4.69) is 25.9 Å². The number of nitrogens with one attached hydrogen (secondary N) is 2. The lowest BCUT2D eigenvalue weighted by Gasteiger charge is -2.18. The first kappa shape index (κ1) is 21.3. The Hall–Kier alpha value is -3.95. The Kier molecular flexibility index (Phi) is 5.29. The molecule has 1 aromatic carbocycles. The number of amidine groups is 1. The van der Waals surface area contributed by atoms with E-state index in [1.54, 1.807) is 30.1 Å². The fourth-order valence-corrected chi connectivity index (χ4v) is 3.61. The molecule has 0 fully saturated rings. The second kappa shape index (κ2) is 7.95. The van der Waals surface area contributed by atoms with Crippen molar-refractivity contribution in [2.24, 2.45) is 21.7 Å². The lowest BCUT2D eigenvalue weighted by molar-refractivity contribution is -0.119. The molecule has 2 aliphatic heterocycles. The molecule has 2 aromatic rings. The van der Waals surface area contributed by atoms with Crippen molar-refractivity contribution in [1.82, 2.24) is 10.2 Å². The van der Waals surface area contributed by atoms with Gasteiger partial charge in [0.1, 0.15) is 17.8 Å². The summed E-state index contributed by atoms with van der Waals surface area (Å²) in [5.74, 6) is 0.244. The van der Waals surface area contributed by atoms with Crippen LogP contribution in [-0.2, 0) is 10.2 Å². The van der Waals surface area contributed by atoms with E-state index in [0.29, 0.717) is 23.8 Å². The molecule has 3 heterocycles. The van der Waals surface area contributed by atoms with Crippen LogP contribution in [0.5, 0.6) is 0 Å². The molecule has 10 heteroatoms. The molecular formula is C22H25N7O3. The van der Waals surface area contributed by atoms with Gasteiger partial charge in [-0.05, 0) is 24.6 Å². The van der Waals surface area contributed by atoms with Crippen LogP contribution in [0.4, 0.5) is 16.4 Å². The van der Waals surface area contributed by atoms with E-state index >= 15 is 0 Å². The zero-order chi connectivity index (χ0) is 23.0. The zero-order valence-corrected chi connectivity index (χ0v) is 18.3. The van der Waals surface area contributed by atoms with Crippen LogP contribution in [0, 0.1) is 5.92 Å². The first-order valence-corrected chi connectivity index (χ1v) is 10.2. The number of rotatable bonds is 4. The number of carbonyl (C=O) groups is 2. The van der Waals surface area contributed by atoms with E-state index in [4.69, 9.17) is 10.3 Å². The van der Waals surface area contributed by atoms with Crippen molar-refractivity contribution in [3.63, 3.8) is 0 Å². The number of carbonyl (C=O) groups excluding carboxylic acids is 2. The maximum Gasteiger partial charge on any atom is 0.326 e. The number of amides is 2. The third-order valence-corrected chi connectivity index (χ3v) is 5.31. The molecule has 166 valence electrons. The van der Waals surface area contributed by atoms with Crippen molar-refractivity contribution in [3.8, 4) is 0 Å². The van der Waals surface area contributed by atoms with Gasteiger partial charge >= 0.3 is 6.03 Å². The molecule has 1 aromatic heterocycles. The lowest BCUT2D eigenvalue weighted by atomic mass is 9.90. The number of aliphatic imine (C=N–C) groups is 1. The average molecular weight is 435 g/mol. The van der Waals surface area contributed by atoms with Gasteiger partial charge in [-0.25, -0.2) is 9.79 Å². The van der Waals surface area contributed by atoms with E-state index < -0.39 is 6.03 Å². The first-order valence-electron chi connectivity index (χ1n) is 10.2. The summed E-state index contributed by atoms with van der Waals surface area (Å²) in [5, 5.41) is 15.3. The highest BCUT2D eigenvalue weighted by Crippen LogP contribution is 2.38. The molecule has 0 radical (unpaired) electrons. The third-order valence-electron chi connectivity index (χ3n) is 5.31. The van der Waals surface area contributed by atoms with E-state index in [9.17, 15) is 9.59 Å². The molecule has 2 amide bonds. The summed E-state index contributed by atoms with van der Waals surface area (Å²) < 4.78 is 5.18. The van der Waals surface area contributed by atoms with Crippen LogP contribution < -0.4 is 16.4 Å². The summed E-state index contributed by atoms with van der Waals surface area (Å²) in [6, 6.07) is 8.40. The van der Waals surface area contributed by atoms with Gasteiger partial charge in [-0.1, -0.05) is 38.1 Å².